The standard InChI is InChI=1S/C14H19NO4/c1-13(2)7-11(14(3,4)19-13)18-10-8-15-6-5-9(10)12(16)17/h5-6,8,11H,7H2,1-4H3,(H,16,17). The summed E-state index contributed by atoms with van der Waals surface area (Å²) in [6.07, 6.45) is 3.37. The van der Waals surface area contributed by atoms with Crippen LogP contribution in [0.4, 0.5) is 0 Å². The zero-order valence-electron chi connectivity index (χ0n) is 11.6. The molecule has 1 atom stereocenters. The van der Waals surface area contributed by atoms with E-state index in [4.69, 9.17) is 14.6 Å². The van der Waals surface area contributed by atoms with Gasteiger partial charge in [-0.3, -0.25) is 4.98 Å². The van der Waals surface area contributed by atoms with Crippen molar-refractivity contribution in [2.75, 3.05) is 0 Å². The Morgan fingerprint density at radius 3 is 2.68 bits per heavy atom. The highest BCUT2D eigenvalue weighted by atomic mass is 16.6. The molecule has 1 saturated heterocycles. The molecule has 0 amide bonds. The van der Waals surface area contributed by atoms with E-state index in [0.717, 1.165) is 0 Å². The van der Waals surface area contributed by atoms with Crippen LogP contribution in [0.5, 0.6) is 5.75 Å². The molecule has 19 heavy (non-hydrogen) atoms. The van der Waals surface area contributed by atoms with Crippen LogP contribution in [0.15, 0.2) is 18.5 Å². The minimum atomic E-state index is -1.02. The van der Waals surface area contributed by atoms with E-state index in [1.807, 2.05) is 27.7 Å². The van der Waals surface area contributed by atoms with Crippen LogP contribution >= 0.6 is 0 Å². The molecule has 1 aromatic heterocycles. The highest BCUT2D eigenvalue weighted by Gasteiger charge is 2.47. The third-order valence-corrected chi connectivity index (χ3v) is 3.28. The van der Waals surface area contributed by atoms with Gasteiger partial charge in [-0.2, -0.15) is 0 Å². The summed E-state index contributed by atoms with van der Waals surface area (Å²) < 4.78 is 11.8. The van der Waals surface area contributed by atoms with Crippen molar-refractivity contribution in [3.8, 4) is 5.75 Å². The van der Waals surface area contributed by atoms with E-state index in [2.05, 4.69) is 4.98 Å². The van der Waals surface area contributed by atoms with Crippen molar-refractivity contribution in [3.05, 3.63) is 24.0 Å². The third kappa shape index (κ3) is 2.87. The molecule has 104 valence electrons. The number of aromatic carboxylic acids is 1. The van der Waals surface area contributed by atoms with Gasteiger partial charge in [0.05, 0.1) is 11.8 Å². The van der Waals surface area contributed by atoms with Crippen molar-refractivity contribution in [3.63, 3.8) is 0 Å². The lowest BCUT2D eigenvalue weighted by molar-refractivity contribution is -0.0847. The molecular weight excluding hydrogens is 246 g/mol. The maximum atomic E-state index is 11.1. The molecule has 1 aromatic rings. The number of ether oxygens (including phenoxy) is 2. The number of carboxylic acid groups (broad SMARTS) is 1. The molecule has 1 aliphatic rings. The average Bonchev–Trinajstić information content (AvgIpc) is 2.47. The molecule has 0 spiro atoms. The van der Waals surface area contributed by atoms with E-state index < -0.39 is 11.6 Å². The molecule has 1 fully saturated rings. The van der Waals surface area contributed by atoms with E-state index in [0.29, 0.717) is 6.42 Å². The Bertz CT molecular complexity index is 496. The van der Waals surface area contributed by atoms with E-state index >= 15 is 0 Å². The summed E-state index contributed by atoms with van der Waals surface area (Å²) in [5.74, 6) is -0.734. The first-order valence-corrected chi connectivity index (χ1v) is 6.25. The number of hydrogen-bond acceptors (Lipinski definition) is 4. The fourth-order valence-corrected chi connectivity index (χ4v) is 2.50. The smallest absolute Gasteiger partial charge is 0.339 e. The fourth-order valence-electron chi connectivity index (χ4n) is 2.50. The summed E-state index contributed by atoms with van der Waals surface area (Å²) in [5, 5.41) is 9.13. The summed E-state index contributed by atoms with van der Waals surface area (Å²) in [4.78, 5) is 15.1. The second-order valence-electron chi connectivity index (χ2n) is 5.95. The van der Waals surface area contributed by atoms with Crippen LogP contribution < -0.4 is 4.74 Å². The van der Waals surface area contributed by atoms with Crippen molar-refractivity contribution in [1.29, 1.82) is 0 Å². The summed E-state index contributed by atoms with van der Waals surface area (Å²) in [5.41, 5.74) is -0.620. The van der Waals surface area contributed by atoms with Gasteiger partial charge in [-0.25, -0.2) is 4.79 Å². The van der Waals surface area contributed by atoms with Crippen LogP contribution in [0.1, 0.15) is 44.5 Å². The van der Waals surface area contributed by atoms with E-state index in [1.54, 1.807) is 0 Å². The van der Waals surface area contributed by atoms with Crippen molar-refractivity contribution in [2.24, 2.45) is 0 Å². The van der Waals surface area contributed by atoms with Gasteiger partial charge in [-0.1, -0.05) is 0 Å². The normalized spacial score (nSPS) is 24.1. The zero-order valence-corrected chi connectivity index (χ0v) is 11.6. The molecule has 2 rings (SSSR count). The monoisotopic (exact) mass is 265 g/mol. The molecule has 1 aliphatic heterocycles. The maximum absolute atomic E-state index is 11.1. The van der Waals surface area contributed by atoms with E-state index in [9.17, 15) is 4.79 Å². The maximum Gasteiger partial charge on any atom is 0.339 e. The molecule has 1 unspecified atom stereocenters. The summed E-state index contributed by atoms with van der Waals surface area (Å²) >= 11 is 0. The molecular formula is C14H19NO4. The summed E-state index contributed by atoms with van der Waals surface area (Å²) in [6, 6.07) is 1.44. The van der Waals surface area contributed by atoms with Gasteiger partial charge in [0, 0.05) is 12.6 Å². The van der Waals surface area contributed by atoms with Gasteiger partial charge in [0.25, 0.3) is 0 Å². The summed E-state index contributed by atoms with van der Waals surface area (Å²) in [6.45, 7) is 7.89. The Morgan fingerprint density at radius 1 is 1.47 bits per heavy atom. The lowest BCUT2D eigenvalue weighted by Gasteiger charge is -2.27. The van der Waals surface area contributed by atoms with Gasteiger partial charge in [-0.05, 0) is 33.8 Å². The van der Waals surface area contributed by atoms with Gasteiger partial charge >= 0.3 is 5.97 Å². The predicted molar refractivity (Wildman–Crippen MR) is 69.5 cm³/mol. The third-order valence-electron chi connectivity index (χ3n) is 3.28. The van der Waals surface area contributed by atoms with Crippen LogP contribution in [0.2, 0.25) is 0 Å². The van der Waals surface area contributed by atoms with Crippen LogP contribution in [0.3, 0.4) is 0 Å². The van der Waals surface area contributed by atoms with Crippen molar-refractivity contribution in [1.82, 2.24) is 4.98 Å². The lowest BCUT2D eigenvalue weighted by Crippen LogP contribution is -2.37. The molecule has 5 nitrogen and oxygen atoms in total. The highest BCUT2D eigenvalue weighted by molar-refractivity contribution is 5.90. The SMILES string of the molecule is CC1(C)CC(Oc2cnccc2C(=O)O)C(C)(C)O1. The molecule has 0 radical (unpaired) electrons. The number of rotatable bonds is 3. The molecule has 0 aromatic carbocycles. The number of carboxylic acids is 1. The second kappa shape index (κ2) is 4.49. The van der Waals surface area contributed by atoms with Crippen molar-refractivity contribution < 1.29 is 19.4 Å². The zero-order chi connectivity index (χ0) is 14.3. The fraction of sp³-hybridized carbons (Fsp3) is 0.571. The number of nitrogens with zero attached hydrogens (tertiary/aromatic N) is 1. The van der Waals surface area contributed by atoms with E-state index in [1.165, 1.54) is 18.5 Å². The second-order valence-corrected chi connectivity index (χ2v) is 5.95. The van der Waals surface area contributed by atoms with Crippen LogP contribution in [-0.2, 0) is 4.74 Å². The molecule has 2 heterocycles. The molecule has 0 saturated carbocycles. The quantitative estimate of drug-likeness (QED) is 0.909. The number of aromatic nitrogens is 1. The minimum Gasteiger partial charge on any atom is -0.485 e. The lowest BCUT2D eigenvalue weighted by atomic mass is 9.97. The van der Waals surface area contributed by atoms with E-state index in [-0.39, 0.29) is 23.0 Å². The highest BCUT2D eigenvalue weighted by Crippen LogP contribution is 2.39. The molecule has 1 N–H and O–H groups in total. The van der Waals surface area contributed by atoms with Crippen LogP contribution in [-0.4, -0.2) is 33.4 Å². The Kier molecular flexibility index (Phi) is 3.26. The number of pyridine rings is 1. The topological polar surface area (TPSA) is 68.7 Å². The summed E-state index contributed by atoms with van der Waals surface area (Å²) in [7, 11) is 0. The van der Waals surface area contributed by atoms with Crippen LogP contribution in [0, 0.1) is 0 Å². The number of carbonyl (C=O) groups is 1. The first-order valence-electron chi connectivity index (χ1n) is 6.25. The predicted octanol–water partition coefficient (Wildman–Crippen LogP) is 2.50. The van der Waals surface area contributed by atoms with Gasteiger partial charge in [-0.15, -0.1) is 0 Å². The Morgan fingerprint density at radius 2 is 2.16 bits per heavy atom. The Balaban J connectivity index is 2.25. The average molecular weight is 265 g/mol. The minimum absolute atomic E-state index is 0.121. The van der Waals surface area contributed by atoms with Gasteiger partial charge in [0.2, 0.25) is 0 Å². The largest absolute Gasteiger partial charge is 0.485 e. The molecule has 0 aliphatic carbocycles. The first-order chi connectivity index (χ1) is 8.71. The number of hydrogen-bond donors (Lipinski definition) is 1. The Hall–Kier alpha value is -1.62. The van der Waals surface area contributed by atoms with Crippen LogP contribution in [0.25, 0.3) is 0 Å². The first kappa shape index (κ1) is 13.8. The van der Waals surface area contributed by atoms with Gasteiger partial charge in [0.15, 0.2) is 5.75 Å². The van der Waals surface area contributed by atoms with Gasteiger partial charge < -0.3 is 14.6 Å². The van der Waals surface area contributed by atoms with Crippen molar-refractivity contribution in [2.45, 2.75) is 51.4 Å². The van der Waals surface area contributed by atoms with Gasteiger partial charge in [0.1, 0.15) is 17.3 Å². The molecule has 0 bridgehead atoms. The van der Waals surface area contributed by atoms with Crippen molar-refractivity contribution >= 4 is 5.97 Å². The molecule has 5 heteroatoms. The Labute approximate surface area is 112 Å².